The zero-order valence-electron chi connectivity index (χ0n) is 10.6. The molecule has 1 N–H and O–H groups in total. The van der Waals surface area contributed by atoms with Crippen LogP contribution in [-0.4, -0.2) is 30.0 Å². The van der Waals surface area contributed by atoms with Crippen molar-refractivity contribution in [3.63, 3.8) is 0 Å². The fraction of sp³-hybridized carbons (Fsp3) is 0.667. The summed E-state index contributed by atoms with van der Waals surface area (Å²) in [5, 5.41) is 11.6. The van der Waals surface area contributed by atoms with Gasteiger partial charge in [0.1, 0.15) is 0 Å². The topological polar surface area (TPSA) is 47.0 Å². The van der Waals surface area contributed by atoms with Gasteiger partial charge >= 0.3 is 0 Å². The molecular formula is C12H21N3O. The molecule has 1 unspecified atom stereocenters. The van der Waals surface area contributed by atoms with Crippen molar-refractivity contribution in [1.29, 1.82) is 0 Å². The molecule has 0 radical (unpaired) electrons. The minimum Gasteiger partial charge on any atom is -0.380 e. The van der Waals surface area contributed by atoms with E-state index in [1.165, 1.54) is 5.56 Å². The summed E-state index contributed by atoms with van der Waals surface area (Å²) in [6, 6.07) is 2.29. The maximum atomic E-state index is 5.49. The predicted octanol–water partition coefficient (Wildman–Crippen LogP) is 1.78. The Labute approximate surface area is 97.4 Å². The third-order valence-corrected chi connectivity index (χ3v) is 2.45. The van der Waals surface area contributed by atoms with Crippen LogP contribution in [0.2, 0.25) is 0 Å². The second-order valence-corrected chi connectivity index (χ2v) is 3.80. The van der Waals surface area contributed by atoms with Crippen LogP contribution in [0.5, 0.6) is 0 Å². The Bertz CT molecular complexity index is 328. The summed E-state index contributed by atoms with van der Waals surface area (Å²) in [7, 11) is 0. The fourth-order valence-corrected chi connectivity index (χ4v) is 1.66. The summed E-state index contributed by atoms with van der Waals surface area (Å²) < 4.78 is 5.49. The Morgan fingerprint density at radius 3 is 2.69 bits per heavy atom. The van der Waals surface area contributed by atoms with Gasteiger partial charge in [0.2, 0.25) is 0 Å². The average molecular weight is 223 g/mol. The van der Waals surface area contributed by atoms with E-state index in [1.807, 2.05) is 20.8 Å². The Hall–Kier alpha value is -1.00. The van der Waals surface area contributed by atoms with Gasteiger partial charge in [-0.15, -0.1) is 0 Å². The maximum absolute atomic E-state index is 5.49. The van der Waals surface area contributed by atoms with Gasteiger partial charge in [-0.3, -0.25) is 0 Å². The molecule has 1 rings (SSSR count). The van der Waals surface area contributed by atoms with Gasteiger partial charge in [-0.25, -0.2) is 0 Å². The average Bonchev–Trinajstić information content (AvgIpc) is 2.28. The van der Waals surface area contributed by atoms with Crippen molar-refractivity contribution in [1.82, 2.24) is 15.5 Å². The molecule has 1 heterocycles. The first kappa shape index (κ1) is 13.1. The molecule has 0 bridgehead atoms. The van der Waals surface area contributed by atoms with Crippen molar-refractivity contribution < 1.29 is 4.74 Å². The lowest BCUT2D eigenvalue weighted by Crippen LogP contribution is -2.26. The number of aryl methyl sites for hydroxylation is 2. The lowest BCUT2D eigenvalue weighted by atomic mass is 10.1. The first-order chi connectivity index (χ1) is 7.69. The third kappa shape index (κ3) is 3.54. The Balaban J connectivity index is 2.85. The molecular weight excluding hydrogens is 202 g/mol. The number of aromatic nitrogens is 2. The lowest BCUT2D eigenvalue weighted by molar-refractivity contribution is 0.123. The maximum Gasteiger partial charge on any atom is 0.0662 e. The summed E-state index contributed by atoms with van der Waals surface area (Å²) in [6.45, 7) is 10.4. The first-order valence-electron chi connectivity index (χ1n) is 5.81. The molecule has 4 heteroatoms. The predicted molar refractivity (Wildman–Crippen MR) is 64.4 cm³/mol. The molecule has 0 aliphatic rings. The van der Waals surface area contributed by atoms with Crippen LogP contribution in [0.4, 0.5) is 0 Å². The summed E-state index contributed by atoms with van der Waals surface area (Å²) in [5.74, 6) is 0. The third-order valence-electron chi connectivity index (χ3n) is 2.45. The minimum absolute atomic E-state index is 0.208. The zero-order chi connectivity index (χ0) is 12.0. The van der Waals surface area contributed by atoms with Gasteiger partial charge < -0.3 is 10.1 Å². The Kier molecular flexibility index (Phi) is 5.35. The van der Waals surface area contributed by atoms with Gasteiger partial charge in [0.25, 0.3) is 0 Å². The van der Waals surface area contributed by atoms with Gasteiger partial charge in [-0.05, 0) is 38.9 Å². The summed E-state index contributed by atoms with van der Waals surface area (Å²) in [5.41, 5.74) is 3.10. The van der Waals surface area contributed by atoms with E-state index in [1.54, 1.807) is 0 Å². The number of likely N-dealkylation sites (N-methyl/N-ethyl adjacent to an activating group) is 1. The highest BCUT2D eigenvalue weighted by atomic mass is 16.5. The van der Waals surface area contributed by atoms with Gasteiger partial charge in [0, 0.05) is 6.61 Å². The van der Waals surface area contributed by atoms with Crippen LogP contribution < -0.4 is 5.32 Å². The molecule has 0 spiro atoms. The molecule has 0 fully saturated rings. The minimum atomic E-state index is 0.208. The van der Waals surface area contributed by atoms with E-state index in [4.69, 9.17) is 4.74 Å². The van der Waals surface area contributed by atoms with Gasteiger partial charge in [-0.1, -0.05) is 6.92 Å². The number of hydrogen-bond acceptors (Lipinski definition) is 4. The smallest absolute Gasteiger partial charge is 0.0662 e. The van der Waals surface area contributed by atoms with Gasteiger partial charge in [-0.2, -0.15) is 10.2 Å². The Morgan fingerprint density at radius 1 is 1.31 bits per heavy atom. The molecule has 90 valence electrons. The van der Waals surface area contributed by atoms with Crippen molar-refractivity contribution in [3.8, 4) is 0 Å². The summed E-state index contributed by atoms with van der Waals surface area (Å²) in [6.07, 6.45) is 0. The molecule has 1 atom stereocenters. The van der Waals surface area contributed by atoms with Gasteiger partial charge in [0.05, 0.1) is 24.0 Å². The van der Waals surface area contributed by atoms with E-state index < -0.39 is 0 Å². The molecule has 0 saturated heterocycles. The lowest BCUT2D eigenvalue weighted by Gasteiger charge is -2.19. The SMILES string of the molecule is CCNC(COCC)c1cc(C)nnc1C. The molecule has 0 aliphatic heterocycles. The highest BCUT2D eigenvalue weighted by Crippen LogP contribution is 2.16. The van der Waals surface area contributed by atoms with Crippen LogP contribution in [0.3, 0.4) is 0 Å². The molecule has 1 aromatic heterocycles. The molecule has 1 aromatic rings. The quantitative estimate of drug-likeness (QED) is 0.798. The first-order valence-corrected chi connectivity index (χ1v) is 5.81. The summed E-state index contributed by atoms with van der Waals surface area (Å²) >= 11 is 0. The largest absolute Gasteiger partial charge is 0.380 e. The van der Waals surface area contributed by atoms with Crippen LogP contribution in [0.15, 0.2) is 6.07 Å². The monoisotopic (exact) mass is 223 g/mol. The standard InChI is InChI=1S/C12H21N3O/c1-5-13-12(8-16-6-2)11-7-9(3)14-15-10(11)4/h7,12-13H,5-6,8H2,1-4H3. The van der Waals surface area contributed by atoms with Crippen molar-refractivity contribution >= 4 is 0 Å². The molecule has 0 aromatic carbocycles. The van der Waals surface area contributed by atoms with E-state index in [-0.39, 0.29) is 6.04 Å². The van der Waals surface area contributed by atoms with Crippen LogP contribution >= 0.6 is 0 Å². The molecule has 0 aliphatic carbocycles. The molecule has 16 heavy (non-hydrogen) atoms. The van der Waals surface area contributed by atoms with E-state index in [2.05, 4.69) is 28.5 Å². The van der Waals surface area contributed by atoms with E-state index >= 15 is 0 Å². The number of ether oxygens (including phenoxy) is 1. The van der Waals surface area contributed by atoms with Crippen molar-refractivity contribution in [2.24, 2.45) is 0 Å². The van der Waals surface area contributed by atoms with Crippen molar-refractivity contribution in [2.75, 3.05) is 19.8 Å². The highest BCUT2D eigenvalue weighted by Gasteiger charge is 2.14. The molecule has 0 saturated carbocycles. The van der Waals surface area contributed by atoms with Gasteiger partial charge in [0.15, 0.2) is 0 Å². The second kappa shape index (κ2) is 6.55. The van der Waals surface area contributed by atoms with E-state index in [9.17, 15) is 0 Å². The van der Waals surface area contributed by atoms with Crippen LogP contribution in [0.1, 0.15) is 36.8 Å². The number of hydrogen-bond donors (Lipinski definition) is 1. The highest BCUT2D eigenvalue weighted by molar-refractivity contribution is 5.23. The molecule has 4 nitrogen and oxygen atoms in total. The van der Waals surface area contributed by atoms with Crippen molar-refractivity contribution in [3.05, 3.63) is 23.0 Å². The fourth-order valence-electron chi connectivity index (χ4n) is 1.66. The zero-order valence-corrected chi connectivity index (χ0v) is 10.6. The number of nitrogens with one attached hydrogen (secondary N) is 1. The molecule has 0 amide bonds. The summed E-state index contributed by atoms with van der Waals surface area (Å²) in [4.78, 5) is 0. The Morgan fingerprint density at radius 2 is 2.06 bits per heavy atom. The van der Waals surface area contributed by atoms with E-state index in [0.717, 1.165) is 24.5 Å². The van der Waals surface area contributed by atoms with E-state index in [0.29, 0.717) is 6.61 Å². The van der Waals surface area contributed by atoms with Crippen molar-refractivity contribution in [2.45, 2.75) is 33.7 Å². The number of nitrogens with zero attached hydrogens (tertiary/aromatic N) is 2. The van der Waals surface area contributed by atoms with Crippen LogP contribution in [-0.2, 0) is 4.74 Å². The number of rotatable bonds is 6. The normalized spacial score (nSPS) is 12.8. The second-order valence-electron chi connectivity index (χ2n) is 3.80. The van der Waals surface area contributed by atoms with Crippen LogP contribution in [0, 0.1) is 13.8 Å². The van der Waals surface area contributed by atoms with Crippen LogP contribution in [0.25, 0.3) is 0 Å².